The fraction of sp³-hybridized carbons (Fsp3) is 0.235. The fourth-order valence-electron chi connectivity index (χ4n) is 2.35. The highest BCUT2D eigenvalue weighted by Gasteiger charge is 2.17. The van der Waals surface area contributed by atoms with Crippen LogP contribution in [0.1, 0.15) is 27.9 Å². The van der Waals surface area contributed by atoms with Crippen LogP contribution in [0.4, 0.5) is 5.13 Å². The van der Waals surface area contributed by atoms with Gasteiger partial charge in [-0.25, -0.2) is 9.78 Å². The molecule has 3 heterocycles. The van der Waals surface area contributed by atoms with Crippen molar-refractivity contribution in [3.63, 3.8) is 0 Å². The number of amides is 1. The molecule has 146 valence electrons. The third-order valence-corrected chi connectivity index (χ3v) is 5.27. The summed E-state index contributed by atoms with van der Waals surface area (Å²) >= 11 is 2.52. The number of aromatic amines is 1. The first-order chi connectivity index (χ1) is 13.5. The smallest absolute Gasteiger partial charge is 0.328 e. The highest BCUT2D eigenvalue weighted by Crippen LogP contribution is 2.16. The number of esters is 1. The van der Waals surface area contributed by atoms with Crippen LogP contribution in [0.2, 0.25) is 0 Å². The summed E-state index contributed by atoms with van der Waals surface area (Å²) in [5.74, 6) is -1.11. The third-order valence-electron chi connectivity index (χ3n) is 3.60. The Labute approximate surface area is 166 Å². The highest BCUT2D eigenvalue weighted by atomic mass is 32.1. The molecule has 3 rings (SSSR count). The molecule has 9 nitrogen and oxygen atoms in total. The molecule has 0 saturated carbocycles. The number of anilines is 1. The first-order valence-corrected chi connectivity index (χ1v) is 10.00. The second-order valence-electron chi connectivity index (χ2n) is 5.56. The van der Waals surface area contributed by atoms with Crippen molar-refractivity contribution < 1.29 is 14.3 Å². The number of hydrogen-bond donors (Lipinski definition) is 2. The van der Waals surface area contributed by atoms with Gasteiger partial charge in [-0.2, -0.15) is 0 Å². The Morgan fingerprint density at radius 3 is 2.86 bits per heavy atom. The van der Waals surface area contributed by atoms with Gasteiger partial charge < -0.3 is 9.72 Å². The van der Waals surface area contributed by atoms with Crippen LogP contribution in [0.5, 0.6) is 0 Å². The maximum atomic E-state index is 12.6. The van der Waals surface area contributed by atoms with Crippen LogP contribution in [0.15, 0.2) is 38.7 Å². The number of thiophene rings is 1. The molecular formula is C17H16N4O5S2. The molecular weight excluding hydrogens is 404 g/mol. The molecule has 28 heavy (non-hydrogen) atoms. The summed E-state index contributed by atoms with van der Waals surface area (Å²) in [4.78, 5) is 55.9. The number of H-pyrrole nitrogens is 1. The van der Waals surface area contributed by atoms with Crippen LogP contribution in [-0.2, 0) is 22.5 Å². The first kappa shape index (κ1) is 19.7. The summed E-state index contributed by atoms with van der Waals surface area (Å²) < 4.78 is 5.82. The van der Waals surface area contributed by atoms with E-state index in [-0.39, 0.29) is 30.3 Å². The van der Waals surface area contributed by atoms with Crippen LogP contribution >= 0.6 is 22.7 Å². The number of nitrogens with one attached hydrogen (secondary N) is 2. The Morgan fingerprint density at radius 2 is 2.14 bits per heavy atom. The van der Waals surface area contributed by atoms with E-state index < -0.39 is 23.1 Å². The zero-order valence-corrected chi connectivity index (χ0v) is 16.4. The molecule has 2 N–H and O–H groups in total. The third kappa shape index (κ3) is 4.61. The zero-order chi connectivity index (χ0) is 20.1. The summed E-state index contributed by atoms with van der Waals surface area (Å²) in [5.41, 5.74) is -1.05. The van der Waals surface area contributed by atoms with Crippen LogP contribution in [0, 0.1) is 0 Å². The normalized spacial score (nSPS) is 10.6. The van der Waals surface area contributed by atoms with Crippen molar-refractivity contribution in [2.45, 2.75) is 19.9 Å². The number of hydrogen-bond acceptors (Lipinski definition) is 8. The molecule has 0 saturated heterocycles. The van der Waals surface area contributed by atoms with Crippen LogP contribution in [0.3, 0.4) is 0 Å². The van der Waals surface area contributed by atoms with Crippen LogP contribution in [-0.4, -0.2) is 33.0 Å². The number of carbonyl (C=O) groups is 2. The van der Waals surface area contributed by atoms with E-state index in [2.05, 4.69) is 15.3 Å². The van der Waals surface area contributed by atoms with Crippen LogP contribution in [0.25, 0.3) is 0 Å². The minimum atomic E-state index is -0.696. The lowest BCUT2D eigenvalue weighted by molar-refractivity contribution is -0.142. The maximum absolute atomic E-state index is 12.6. The van der Waals surface area contributed by atoms with E-state index in [0.717, 1.165) is 27.0 Å². The summed E-state index contributed by atoms with van der Waals surface area (Å²) in [7, 11) is 0. The molecule has 0 aromatic carbocycles. The van der Waals surface area contributed by atoms with E-state index in [9.17, 15) is 19.2 Å². The van der Waals surface area contributed by atoms with E-state index in [0.29, 0.717) is 5.69 Å². The number of carbonyl (C=O) groups excluding carboxylic acids is 2. The lowest BCUT2D eigenvalue weighted by Gasteiger charge is -2.06. The van der Waals surface area contributed by atoms with Crippen molar-refractivity contribution in [1.82, 2.24) is 14.5 Å². The number of aromatic nitrogens is 3. The molecule has 0 aliphatic rings. The van der Waals surface area contributed by atoms with Gasteiger partial charge in [0.2, 0.25) is 0 Å². The van der Waals surface area contributed by atoms with Gasteiger partial charge in [0.1, 0.15) is 5.56 Å². The van der Waals surface area contributed by atoms with E-state index in [1.54, 1.807) is 18.4 Å². The quantitative estimate of drug-likeness (QED) is 0.558. The molecule has 0 aliphatic carbocycles. The Morgan fingerprint density at radius 1 is 1.32 bits per heavy atom. The van der Waals surface area contributed by atoms with Gasteiger partial charge in [0.05, 0.1) is 25.3 Å². The largest absolute Gasteiger partial charge is 0.466 e. The topological polar surface area (TPSA) is 123 Å². The number of ether oxygens (including phenoxy) is 1. The first-order valence-electron chi connectivity index (χ1n) is 8.24. The van der Waals surface area contributed by atoms with Gasteiger partial charge in [-0.05, 0) is 18.4 Å². The van der Waals surface area contributed by atoms with Gasteiger partial charge in [0.25, 0.3) is 11.5 Å². The van der Waals surface area contributed by atoms with Crippen molar-refractivity contribution >= 4 is 39.7 Å². The van der Waals surface area contributed by atoms with E-state index >= 15 is 0 Å². The molecule has 11 heteroatoms. The molecule has 3 aromatic heterocycles. The van der Waals surface area contributed by atoms with Crippen LogP contribution < -0.4 is 16.6 Å². The Kier molecular flexibility index (Phi) is 6.16. The standard InChI is InChI=1S/C17H16N4O5S2/c1-2-26-13(22)6-10-9-28-16(19-10)20-14(23)12-7-18-17(25)21(15(12)24)8-11-4-3-5-27-11/h3-5,7,9H,2,6,8H2,1H3,(H,18,25)(H,19,20,23). The number of rotatable bonds is 7. The number of nitrogens with zero attached hydrogens (tertiary/aromatic N) is 2. The zero-order valence-electron chi connectivity index (χ0n) is 14.8. The minimum absolute atomic E-state index is 0.00745. The Hall–Kier alpha value is -3.05. The highest BCUT2D eigenvalue weighted by molar-refractivity contribution is 7.14. The second-order valence-corrected chi connectivity index (χ2v) is 7.45. The number of thiazole rings is 1. The molecule has 0 aliphatic heterocycles. The molecule has 0 unspecified atom stereocenters. The Bertz CT molecular complexity index is 1100. The van der Waals surface area contributed by atoms with E-state index in [1.165, 1.54) is 11.3 Å². The van der Waals surface area contributed by atoms with Crippen molar-refractivity contribution in [3.8, 4) is 0 Å². The van der Waals surface area contributed by atoms with Crippen molar-refractivity contribution in [1.29, 1.82) is 0 Å². The molecule has 0 bridgehead atoms. The average molecular weight is 420 g/mol. The monoisotopic (exact) mass is 420 g/mol. The predicted octanol–water partition coefficient (Wildman–Crippen LogP) is 1.46. The molecule has 0 radical (unpaired) electrons. The minimum Gasteiger partial charge on any atom is -0.466 e. The molecule has 3 aromatic rings. The molecule has 0 fully saturated rings. The van der Waals surface area contributed by atoms with Crippen molar-refractivity contribution in [2.24, 2.45) is 0 Å². The van der Waals surface area contributed by atoms with Crippen molar-refractivity contribution in [3.05, 3.63) is 66.1 Å². The van der Waals surface area contributed by atoms with Gasteiger partial charge >= 0.3 is 11.7 Å². The fourth-order valence-corrected chi connectivity index (χ4v) is 3.74. The SMILES string of the molecule is CCOC(=O)Cc1csc(NC(=O)c2c[nH]c(=O)n(Cc3cccs3)c2=O)n1. The molecule has 0 atom stereocenters. The molecule has 0 spiro atoms. The lowest BCUT2D eigenvalue weighted by atomic mass is 10.3. The Balaban J connectivity index is 1.76. The molecule has 1 amide bonds. The maximum Gasteiger partial charge on any atom is 0.328 e. The average Bonchev–Trinajstić information content (AvgIpc) is 3.31. The summed E-state index contributed by atoms with van der Waals surface area (Å²) in [6, 6.07) is 3.61. The summed E-state index contributed by atoms with van der Waals surface area (Å²) in [5, 5.41) is 6.20. The summed E-state index contributed by atoms with van der Waals surface area (Å²) in [6.45, 7) is 2.06. The van der Waals surface area contributed by atoms with E-state index in [1.807, 2.05) is 11.4 Å². The van der Waals surface area contributed by atoms with Gasteiger partial charge in [-0.1, -0.05) is 6.07 Å². The lowest BCUT2D eigenvalue weighted by Crippen LogP contribution is -2.39. The van der Waals surface area contributed by atoms with Gasteiger partial charge in [-0.15, -0.1) is 22.7 Å². The summed E-state index contributed by atoms with van der Waals surface area (Å²) in [6.07, 6.45) is 1.07. The predicted molar refractivity (Wildman–Crippen MR) is 105 cm³/mol. The van der Waals surface area contributed by atoms with Gasteiger partial charge in [-0.3, -0.25) is 24.3 Å². The van der Waals surface area contributed by atoms with E-state index in [4.69, 9.17) is 4.74 Å². The van der Waals surface area contributed by atoms with Gasteiger partial charge in [0, 0.05) is 16.5 Å². The second kappa shape index (κ2) is 8.76. The van der Waals surface area contributed by atoms with Gasteiger partial charge in [0.15, 0.2) is 5.13 Å². The van der Waals surface area contributed by atoms with Crippen molar-refractivity contribution in [2.75, 3.05) is 11.9 Å².